The molecule has 0 fully saturated rings. The molecule has 0 aliphatic carbocycles. The highest BCUT2D eigenvalue weighted by Crippen LogP contribution is 2.21. The molecule has 0 aliphatic heterocycles. The molecule has 0 spiro atoms. The Hall–Kier alpha value is -3.95. The Morgan fingerprint density at radius 2 is 1.81 bits per heavy atom. The summed E-state index contributed by atoms with van der Waals surface area (Å²) in [6.07, 6.45) is 2.56. The largest absolute Gasteiger partial charge is 0.318 e. The second-order valence-electron chi connectivity index (χ2n) is 6.86. The number of carbonyl (C=O) groups is 1. The molecule has 2 heterocycles. The Labute approximate surface area is 173 Å². The van der Waals surface area contributed by atoms with E-state index in [4.69, 9.17) is 0 Å². The van der Waals surface area contributed by atoms with Crippen LogP contribution in [-0.4, -0.2) is 25.9 Å². The molecule has 0 saturated heterocycles. The highest BCUT2D eigenvalue weighted by atomic mass is 19.2. The number of rotatable bonds is 5. The molecule has 158 valence electrons. The fourth-order valence-electron chi connectivity index (χ4n) is 2.93. The minimum atomic E-state index is -1.76. The Bertz CT molecular complexity index is 1260. The van der Waals surface area contributed by atoms with Crippen LogP contribution in [0.25, 0.3) is 11.3 Å². The Kier molecular flexibility index (Phi) is 5.28. The van der Waals surface area contributed by atoms with Crippen molar-refractivity contribution in [2.75, 3.05) is 5.32 Å². The highest BCUT2D eigenvalue weighted by Gasteiger charge is 2.20. The summed E-state index contributed by atoms with van der Waals surface area (Å²) in [7, 11) is 0. The quantitative estimate of drug-likeness (QED) is 0.280. The average Bonchev–Trinajstić information content (AvgIpc) is 3.40. The second-order valence-corrected chi connectivity index (χ2v) is 6.86. The lowest BCUT2D eigenvalue weighted by molar-refractivity contribution is 0.102. The standard InChI is InChI=1S/C21H15F4N5O/c1-11-2-4-12(5-3-11)17-7-18(29-28-17)21(31)27-13-8-26-30(9-13)10-14-15(22)6-16(23)20(25)19(14)24/h2-9H,10H2,1H3,(H,27,31)(H,28,29). The normalized spacial score (nSPS) is 11.0. The third kappa shape index (κ3) is 4.18. The van der Waals surface area contributed by atoms with Crippen molar-refractivity contribution in [1.82, 2.24) is 20.0 Å². The van der Waals surface area contributed by atoms with Gasteiger partial charge >= 0.3 is 0 Å². The van der Waals surface area contributed by atoms with Crippen LogP contribution in [0.3, 0.4) is 0 Å². The maximum Gasteiger partial charge on any atom is 0.273 e. The number of halogens is 4. The number of aryl methyl sites for hydroxylation is 1. The summed E-state index contributed by atoms with van der Waals surface area (Å²) in [6, 6.07) is 9.47. The van der Waals surface area contributed by atoms with E-state index in [2.05, 4.69) is 20.6 Å². The molecule has 2 aromatic heterocycles. The third-order valence-electron chi connectivity index (χ3n) is 4.59. The number of anilines is 1. The predicted octanol–water partition coefficient (Wildman–Crippen LogP) is 4.44. The molecule has 0 radical (unpaired) electrons. The van der Waals surface area contributed by atoms with E-state index in [0.717, 1.165) is 15.8 Å². The minimum absolute atomic E-state index is 0.195. The van der Waals surface area contributed by atoms with E-state index in [-0.39, 0.29) is 17.4 Å². The van der Waals surface area contributed by atoms with Gasteiger partial charge in [-0.3, -0.25) is 14.6 Å². The van der Waals surface area contributed by atoms with Gasteiger partial charge in [0.15, 0.2) is 17.5 Å². The summed E-state index contributed by atoms with van der Waals surface area (Å²) < 4.78 is 55.2. The third-order valence-corrected chi connectivity index (χ3v) is 4.59. The molecule has 2 aromatic carbocycles. The lowest BCUT2D eigenvalue weighted by Crippen LogP contribution is -2.12. The number of hydrogen-bond donors (Lipinski definition) is 2. The van der Waals surface area contributed by atoms with Crippen LogP contribution in [0.2, 0.25) is 0 Å². The summed E-state index contributed by atoms with van der Waals surface area (Å²) in [6.45, 7) is 1.47. The molecule has 0 bridgehead atoms. The van der Waals surface area contributed by atoms with Crippen LogP contribution in [0.5, 0.6) is 0 Å². The van der Waals surface area contributed by atoms with Gasteiger partial charge in [0.2, 0.25) is 0 Å². The summed E-state index contributed by atoms with van der Waals surface area (Å²) >= 11 is 0. The van der Waals surface area contributed by atoms with Crippen LogP contribution in [-0.2, 0) is 6.54 Å². The Morgan fingerprint density at radius 3 is 2.55 bits per heavy atom. The summed E-state index contributed by atoms with van der Waals surface area (Å²) in [5.41, 5.74) is 2.27. The van der Waals surface area contributed by atoms with Crippen LogP contribution >= 0.6 is 0 Å². The van der Waals surface area contributed by atoms with Crippen LogP contribution in [0, 0.1) is 30.2 Å². The zero-order valence-electron chi connectivity index (χ0n) is 16.1. The van der Waals surface area contributed by atoms with Gasteiger partial charge in [0.1, 0.15) is 11.5 Å². The number of nitrogens with one attached hydrogen (secondary N) is 2. The molecule has 0 atom stereocenters. The van der Waals surface area contributed by atoms with Gasteiger partial charge in [-0.2, -0.15) is 10.2 Å². The van der Waals surface area contributed by atoms with Crippen molar-refractivity contribution in [3.8, 4) is 11.3 Å². The monoisotopic (exact) mass is 429 g/mol. The first-order chi connectivity index (χ1) is 14.8. The number of aromatic amines is 1. The minimum Gasteiger partial charge on any atom is -0.318 e. The average molecular weight is 429 g/mol. The van der Waals surface area contributed by atoms with Crippen molar-refractivity contribution < 1.29 is 22.4 Å². The number of hydrogen-bond acceptors (Lipinski definition) is 3. The van der Waals surface area contributed by atoms with Gasteiger partial charge < -0.3 is 5.32 Å². The number of H-pyrrole nitrogens is 1. The lowest BCUT2D eigenvalue weighted by Gasteiger charge is -2.06. The van der Waals surface area contributed by atoms with E-state index in [0.29, 0.717) is 5.69 Å². The molecule has 2 N–H and O–H groups in total. The molecule has 31 heavy (non-hydrogen) atoms. The number of amides is 1. The molecule has 4 rings (SSSR count). The van der Waals surface area contributed by atoms with E-state index in [1.807, 2.05) is 31.2 Å². The molecule has 1 amide bonds. The van der Waals surface area contributed by atoms with E-state index < -0.39 is 41.3 Å². The van der Waals surface area contributed by atoms with Gasteiger partial charge in [-0.1, -0.05) is 29.8 Å². The smallest absolute Gasteiger partial charge is 0.273 e. The van der Waals surface area contributed by atoms with Crippen LogP contribution in [0.4, 0.5) is 23.2 Å². The Morgan fingerprint density at radius 1 is 1.06 bits per heavy atom. The second kappa shape index (κ2) is 8.05. The number of aromatic nitrogens is 4. The molecule has 0 aliphatic rings. The highest BCUT2D eigenvalue weighted by molar-refractivity contribution is 6.03. The zero-order valence-corrected chi connectivity index (χ0v) is 16.1. The van der Waals surface area contributed by atoms with Crippen molar-refractivity contribution in [3.63, 3.8) is 0 Å². The van der Waals surface area contributed by atoms with Crippen molar-refractivity contribution in [2.24, 2.45) is 0 Å². The molecule has 10 heteroatoms. The molecule has 4 aromatic rings. The SMILES string of the molecule is Cc1ccc(-c2cc(C(=O)Nc3cnn(Cc4c(F)cc(F)c(F)c4F)c3)[nH]n2)cc1. The number of benzene rings is 2. The molecule has 0 unspecified atom stereocenters. The fourth-order valence-corrected chi connectivity index (χ4v) is 2.93. The van der Waals surface area contributed by atoms with Crippen molar-refractivity contribution in [3.05, 3.63) is 88.9 Å². The first-order valence-electron chi connectivity index (χ1n) is 9.10. The van der Waals surface area contributed by atoms with E-state index in [1.165, 1.54) is 12.4 Å². The predicted molar refractivity (Wildman–Crippen MR) is 104 cm³/mol. The fraction of sp³-hybridized carbons (Fsp3) is 0.0952. The maximum absolute atomic E-state index is 13.8. The summed E-state index contributed by atoms with van der Waals surface area (Å²) in [5, 5.41) is 13.2. The van der Waals surface area contributed by atoms with Crippen molar-refractivity contribution in [2.45, 2.75) is 13.5 Å². The lowest BCUT2D eigenvalue weighted by atomic mass is 10.1. The molecule has 6 nitrogen and oxygen atoms in total. The van der Waals surface area contributed by atoms with Gasteiger partial charge in [-0.15, -0.1) is 0 Å². The summed E-state index contributed by atoms with van der Waals surface area (Å²) in [5.74, 6) is -6.74. The summed E-state index contributed by atoms with van der Waals surface area (Å²) in [4.78, 5) is 12.4. The van der Waals surface area contributed by atoms with Gasteiger partial charge in [-0.05, 0) is 13.0 Å². The van der Waals surface area contributed by atoms with E-state index >= 15 is 0 Å². The number of carbonyl (C=O) groups excluding carboxylic acids is 1. The first-order valence-corrected chi connectivity index (χ1v) is 9.10. The first kappa shape index (κ1) is 20.3. The van der Waals surface area contributed by atoms with Gasteiger partial charge in [-0.25, -0.2) is 17.6 Å². The molecular weight excluding hydrogens is 414 g/mol. The molecular formula is C21H15F4N5O. The van der Waals surface area contributed by atoms with Gasteiger partial charge in [0.25, 0.3) is 5.91 Å². The van der Waals surface area contributed by atoms with Crippen molar-refractivity contribution in [1.29, 1.82) is 0 Å². The maximum atomic E-state index is 13.8. The van der Waals surface area contributed by atoms with E-state index in [9.17, 15) is 22.4 Å². The topological polar surface area (TPSA) is 75.6 Å². The zero-order chi connectivity index (χ0) is 22.1. The van der Waals surface area contributed by atoms with Crippen LogP contribution < -0.4 is 5.32 Å². The van der Waals surface area contributed by atoms with E-state index in [1.54, 1.807) is 6.07 Å². The van der Waals surface area contributed by atoms with Gasteiger partial charge in [0.05, 0.1) is 24.1 Å². The van der Waals surface area contributed by atoms with Gasteiger partial charge in [0, 0.05) is 23.4 Å². The number of nitrogens with zero attached hydrogens (tertiary/aromatic N) is 3. The van der Waals surface area contributed by atoms with Crippen LogP contribution in [0.1, 0.15) is 21.6 Å². The molecule has 0 saturated carbocycles. The van der Waals surface area contributed by atoms with Crippen LogP contribution in [0.15, 0.2) is 48.8 Å². The Balaban J connectivity index is 1.47. The van der Waals surface area contributed by atoms with Crippen molar-refractivity contribution >= 4 is 11.6 Å².